The Kier molecular flexibility index (Phi) is 9.44. The first-order valence-corrected chi connectivity index (χ1v) is 10.4. The number of hydrogen-bond acceptors (Lipinski definition) is 4. The highest BCUT2D eigenvalue weighted by atomic mass is 35.5. The smallest absolute Gasteiger partial charge is 0.274 e. The molecule has 0 saturated heterocycles. The van der Waals surface area contributed by atoms with Crippen molar-refractivity contribution in [2.75, 3.05) is 5.32 Å². The van der Waals surface area contributed by atoms with Crippen LogP contribution in [0.4, 0.5) is 18.9 Å². The number of pyridine rings is 2. The molecule has 34 heavy (non-hydrogen) atoms. The number of nitrogens with one attached hydrogen (secondary N) is 1. The second-order valence-electron chi connectivity index (χ2n) is 8.31. The van der Waals surface area contributed by atoms with Crippen molar-refractivity contribution in [1.29, 1.82) is 0 Å². The van der Waals surface area contributed by atoms with E-state index in [0.717, 1.165) is 43.0 Å². The lowest BCUT2D eigenvalue weighted by atomic mass is 9.76. The van der Waals surface area contributed by atoms with Crippen molar-refractivity contribution in [3.8, 4) is 11.3 Å². The molecule has 1 aliphatic carbocycles. The maximum atomic E-state index is 14.3. The fourth-order valence-electron chi connectivity index (χ4n) is 4.43. The van der Waals surface area contributed by atoms with Crippen LogP contribution in [-0.4, -0.2) is 21.9 Å². The Morgan fingerprint density at radius 3 is 2.38 bits per heavy atom. The predicted octanol–water partition coefficient (Wildman–Crippen LogP) is 5.89. The number of halogens is 5. The molecule has 182 valence electrons. The van der Waals surface area contributed by atoms with E-state index in [1.54, 1.807) is 12.4 Å². The minimum Gasteiger partial charge on any atom is -0.328 e. The molecule has 1 saturated carbocycles. The van der Waals surface area contributed by atoms with Gasteiger partial charge in [0.2, 0.25) is 0 Å². The van der Waals surface area contributed by atoms with Gasteiger partial charge < -0.3 is 11.1 Å². The molecule has 2 aromatic heterocycles. The van der Waals surface area contributed by atoms with Crippen molar-refractivity contribution >= 4 is 36.4 Å². The Hall–Kier alpha value is -2.68. The molecular weight excluding hydrogens is 488 g/mol. The van der Waals surface area contributed by atoms with Crippen LogP contribution in [0.2, 0.25) is 0 Å². The number of anilines is 1. The molecule has 5 nitrogen and oxygen atoms in total. The summed E-state index contributed by atoms with van der Waals surface area (Å²) in [6.45, 7) is 2.15. The zero-order valence-electron chi connectivity index (χ0n) is 18.3. The zero-order chi connectivity index (χ0) is 22.8. The van der Waals surface area contributed by atoms with Crippen LogP contribution in [0, 0.1) is 23.4 Å². The van der Waals surface area contributed by atoms with Crippen molar-refractivity contribution in [2.45, 2.75) is 38.1 Å². The Morgan fingerprint density at radius 1 is 1.00 bits per heavy atom. The van der Waals surface area contributed by atoms with E-state index in [9.17, 15) is 18.0 Å². The summed E-state index contributed by atoms with van der Waals surface area (Å²) in [5.74, 6) is -2.88. The number of carbonyl (C=O) groups excluding carboxylic acids is 1. The normalized spacial score (nSPS) is 19.5. The Morgan fingerprint density at radius 2 is 1.71 bits per heavy atom. The first-order chi connectivity index (χ1) is 15.3. The number of amides is 1. The standard InChI is InChI=1S/C24H23F3N4O.2ClH/c1-13-9-14(11-15(28)10-13)16-7-8-29-12-21(16)31-24(32)20-6-5-19(27)23(30-20)22-17(25)3-2-4-18(22)26;;/h2-8,12-15H,9-11,28H2,1H3,(H,31,32);2*1H. The van der Waals surface area contributed by atoms with Gasteiger partial charge in [0, 0.05) is 12.2 Å². The summed E-state index contributed by atoms with van der Waals surface area (Å²) in [6.07, 6.45) is 5.89. The van der Waals surface area contributed by atoms with Crippen molar-refractivity contribution in [1.82, 2.24) is 9.97 Å². The van der Waals surface area contributed by atoms with Crippen molar-refractivity contribution in [3.05, 3.63) is 77.5 Å². The van der Waals surface area contributed by atoms with Gasteiger partial charge in [-0.25, -0.2) is 18.2 Å². The van der Waals surface area contributed by atoms with Gasteiger partial charge in [-0.1, -0.05) is 13.0 Å². The summed E-state index contributed by atoms with van der Waals surface area (Å²) in [4.78, 5) is 20.9. The lowest BCUT2D eigenvalue weighted by Crippen LogP contribution is -2.31. The van der Waals surface area contributed by atoms with E-state index in [0.29, 0.717) is 11.6 Å². The predicted molar refractivity (Wildman–Crippen MR) is 130 cm³/mol. The Balaban J connectivity index is 0.00000204. The molecule has 4 rings (SSSR count). The lowest BCUT2D eigenvalue weighted by molar-refractivity contribution is 0.102. The summed E-state index contributed by atoms with van der Waals surface area (Å²) < 4.78 is 42.6. The van der Waals surface area contributed by atoms with Gasteiger partial charge in [0.05, 0.1) is 17.4 Å². The molecule has 1 aliphatic rings. The van der Waals surface area contributed by atoms with Gasteiger partial charge in [-0.3, -0.25) is 9.78 Å². The Labute approximate surface area is 208 Å². The number of carbonyl (C=O) groups is 1. The van der Waals surface area contributed by atoms with E-state index in [2.05, 4.69) is 22.2 Å². The van der Waals surface area contributed by atoms with Crippen molar-refractivity contribution < 1.29 is 18.0 Å². The first kappa shape index (κ1) is 27.6. The molecule has 3 N–H and O–H groups in total. The summed E-state index contributed by atoms with van der Waals surface area (Å²) in [5, 5.41) is 2.77. The fraction of sp³-hybridized carbons (Fsp3) is 0.292. The minimum atomic E-state index is -0.966. The molecule has 0 bridgehead atoms. The third-order valence-electron chi connectivity index (χ3n) is 5.80. The first-order valence-electron chi connectivity index (χ1n) is 10.4. The van der Waals surface area contributed by atoms with Crippen LogP contribution in [0.25, 0.3) is 11.3 Å². The second-order valence-corrected chi connectivity index (χ2v) is 8.31. The van der Waals surface area contributed by atoms with E-state index in [1.165, 1.54) is 12.1 Å². The topological polar surface area (TPSA) is 80.9 Å². The molecule has 0 aliphatic heterocycles. The van der Waals surface area contributed by atoms with E-state index >= 15 is 0 Å². The summed E-state index contributed by atoms with van der Waals surface area (Å²) in [5.41, 5.74) is 6.26. The van der Waals surface area contributed by atoms with E-state index < -0.39 is 34.6 Å². The van der Waals surface area contributed by atoms with Crippen LogP contribution >= 0.6 is 24.8 Å². The van der Waals surface area contributed by atoms with Crippen molar-refractivity contribution in [3.63, 3.8) is 0 Å². The van der Waals surface area contributed by atoms with Gasteiger partial charge in [-0.05, 0) is 67.0 Å². The van der Waals surface area contributed by atoms with E-state index in [4.69, 9.17) is 5.73 Å². The van der Waals surface area contributed by atoms with Gasteiger partial charge in [0.1, 0.15) is 28.8 Å². The van der Waals surface area contributed by atoms with Crippen LogP contribution < -0.4 is 11.1 Å². The molecule has 3 aromatic rings. The highest BCUT2D eigenvalue weighted by Gasteiger charge is 2.28. The lowest BCUT2D eigenvalue weighted by Gasteiger charge is -2.32. The molecule has 0 spiro atoms. The maximum Gasteiger partial charge on any atom is 0.274 e. The Bertz CT molecular complexity index is 1130. The highest BCUT2D eigenvalue weighted by molar-refractivity contribution is 6.03. The number of nitrogens with two attached hydrogens (primary N) is 1. The molecule has 2 heterocycles. The number of rotatable bonds is 4. The molecular formula is C24H25Cl2F3N4O. The number of nitrogens with zero attached hydrogens (tertiary/aromatic N) is 2. The van der Waals surface area contributed by atoms with Gasteiger partial charge in [-0.15, -0.1) is 24.8 Å². The number of hydrogen-bond donors (Lipinski definition) is 2. The van der Waals surface area contributed by atoms with Gasteiger partial charge in [0.15, 0.2) is 0 Å². The molecule has 1 aromatic carbocycles. The second kappa shape index (κ2) is 11.6. The third-order valence-corrected chi connectivity index (χ3v) is 5.80. The van der Waals surface area contributed by atoms with Gasteiger partial charge >= 0.3 is 0 Å². The fourth-order valence-corrected chi connectivity index (χ4v) is 4.43. The summed E-state index contributed by atoms with van der Waals surface area (Å²) in [6, 6.07) is 7.25. The van der Waals surface area contributed by atoms with E-state index in [1.807, 2.05) is 6.07 Å². The van der Waals surface area contributed by atoms with Crippen LogP contribution in [0.15, 0.2) is 48.8 Å². The minimum absolute atomic E-state index is 0. The van der Waals surface area contributed by atoms with Gasteiger partial charge in [0.25, 0.3) is 5.91 Å². The van der Waals surface area contributed by atoms with Crippen LogP contribution in [0.5, 0.6) is 0 Å². The third kappa shape index (κ3) is 5.87. The molecule has 1 fully saturated rings. The number of aromatic nitrogens is 2. The molecule has 0 radical (unpaired) electrons. The molecule has 10 heteroatoms. The van der Waals surface area contributed by atoms with Crippen LogP contribution in [0.3, 0.4) is 0 Å². The molecule has 1 amide bonds. The van der Waals surface area contributed by atoms with Crippen LogP contribution in [-0.2, 0) is 0 Å². The SMILES string of the molecule is CC1CC(N)CC(c2ccncc2NC(=O)c2ccc(F)c(-c3c(F)cccc3F)n2)C1.Cl.Cl. The van der Waals surface area contributed by atoms with Gasteiger partial charge in [-0.2, -0.15) is 0 Å². The summed E-state index contributed by atoms with van der Waals surface area (Å²) >= 11 is 0. The highest BCUT2D eigenvalue weighted by Crippen LogP contribution is 2.38. The zero-order valence-corrected chi connectivity index (χ0v) is 19.9. The van der Waals surface area contributed by atoms with Crippen LogP contribution in [0.1, 0.15) is 48.2 Å². The summed E-state index contributed by atoms with van der Waals surface area (Å²) in [7, 11) is 0. The number of benzene rings is 1. The maximum absolute atomic E-state index is 14.3. The average molecular weight is 513 g/mol. The molecule has 3 unspecified atom stereocenters. The van der Waals surface area contributed by atoms with E-state index in [-0.39, 0.29) is 42.5 Å². The monoisotopic (exact) mass is 512 g/mol. The average Bonchev–Trinajstić information content (AvgIpc) is 2.74. The quantitative estimate of drug-likeness (QED) is 0.456. The molecule has 3 atom stereocenters. The largest absolute Gasteiger partial charge is 0.328 e. The van der Waals surface area contributed by atoms with Crippen molar-refractivity contribution in [2.24, 2.45) is 11.7 Å².